The molecule has 0 aromatic carbocycles. The Morgan fingerprint density at radius 2 is 1.26 bits per heavy atom. The first-order valence-corrected chi connectivity index (χ1v) is 14.7. The fraction of sp³-hybridized carbons (Fsp3) is 1.00. The SMILES string of the molecule is CC(COCC1CCC(O)CC1)(COCC1CCC2OC2C1)CC1C[C@H]1CC1CCC2OC2C1. The molecule has 0 amide bonds. The number of epoxide rings is 2. The van der Waals surface area contributed by atoms with E-state index in [9.17, 15) is 5.11 Å². The second-order valence-electron chi connectivity index (χ2n) is 13.5. The summed E-state index contributed by atoms with van der Waals surface area (Å²) in [6.07, 6.45) is 18.1. The first-order valence-electron chi connectivity index (χ1n) is 14.7. The lowest BCUT2D eigenvalue weighted by molar-refractivity contribution is -0.0432. The highest BCUT2D eigenvalue weighted by molar-refractivity contribution is 4.97. The van der Waals surface area contributed by atoms with Crippen molar-refractivity contribution >= 4 is 0 Å². The van der Waals surface area contributed by atoms with Crippen LogP contribution in [0.25, 0.3) is 0 Å². The van der Waals surface area contributed by atoms with Gasteiger partial charge in [0.25, 0.3) is 0 Å². The number of hydrogen-bond acceptors (Lipinski definition) is 5. The summed E-state index contributed by atoms with van der Waals surface area (Å²) in [5.41, 5.74) is 0.109. The maximum atomic E-state index is 9.80. The highest BCUT2D eigenvalue weighted by Crippen LogP contribution is 2.52. The maximum Gasteiger partial charge on any atom is 0.0845 e. The van der Waals surface area contributed by atoms with E-state index in [1.54, 1.807) is 0 Å². The highest BCUT2D eigenvalue weighted by Gasteiger charge is 2.48. The smallest absolute Gasteiger partial charge is 0.0845 e. The fourth-order valence-corrected chi connectivity index (χ4v) is 7.66. The Bertz CT molecular complexity index is 677. The van der Waals surface area contributed by atoms with Crippen molar-refractivity contribution in [1.82, 2.24) is 0 Å². The Kier molecular flexibility index (Phi) is 7.30. The van der Waals surface area contributed by atoms with E-state index in [2.05, 4.69) is 6.92 Å². The second-order valence-corrected chi connectivity index (χ2v) is 13.5. The molecule has 6 aliphatic rings. The molecule has 194 valence electrons. The molecule has 8 unspecified atom stereocenters. The summed E-state index contributed by atoms with van der Waals surface area (Å²) in [4.78, 5) is 0. The van der Waals surface area contributed by atoms with E-state index in [4.69, 9.17) is 18.9 Å². The Labute approximate surface area is 206 Å². The van der Waals surface area contributed by atoms with Crippen LogP contribution in [0.4, 0.5) is 0 Å². The molecule has 0 spiro atoms. The number of hydrogen-bond donors (Lipinski definition) is 1. The lowest BCUT2D eigenvalue weighted by atomic mass is 9.82. The Hall–Kier alpha value is -0.200. The molecule has 0 bridgehead atoms. The van der Waals surface area contributed by atoms with Crippen molar-refractivity contribution in [3.8, 4) is 0 Å². The van der Waals surface area contributed by atoms with Gasteiger partial charge in [-0.3, -0.25) is 0 Å². The molecular weight excluding hydrogens is 428 g/mol. The van der Waals surface area contributed by atoms with Gasteiger partial charge in [-0.05, 0) is 113 Å². The van der Waals surface area contributed by atoms with Crippen LogP contribution in [-0.4, -0.2) is 62.1 Å². The van der Waals surface area contributed by atoms with Crippen LogP contribution in [0.3, 0.4) is 0 Å². The second kappa shape index (κ2) is 10.3. The number of aliphatic hydroxyl groups is 1. The van der Waals surface area contributed by atoms with Crippen LogP contribution in [0, 0.1) is 35.0 Å². The molecule has 2 aliphatic heterocycles. The van der Waals surface area contributed by atoms with E-state index < -0.39 is 0 Å². The lowest BCUT2D eigenvalue weighted by Crippen LogP contribution is -2.33. The van der Waals surface area contributed by atoms with E-state index >= 15 is 0 Å². The number of rotatable bonds is 12. The molecule has 0 aromatic rings. The Morgan fingerprint density at radius 1 is 0.676 bits per heavy atom. The summed E-state index contributed by atoms with van der Waals surface area (Å²) in [6, 6.07) is 0. The molecule has 2 saturated heterocycles. The number of aliphatic hydroxyl groups excluding tert-OH is 1. The van der Waals surface area contributed by atoms with Gasteiger partial charge in [0.1, 0.15) is 0 Å². The maximum absolute atomic E-state index is 9.80. The van der Waals surface area contributed by atoms with Crippen molar-refractivity contribution in [2.75, 3.05) is 26.4 Å². The van der Waals surface area contributed by atoms with Crippen molar-refractivity contribution in [2.45, 2.75) is 121 Å². The number of ether oxygens (including phenoxy) is 4. The number of fused-ring (bicyclic) bond motifs is 2. The van der Waals surface area contributed by atoms with Gasteiger partial charge in [0.15, 0.2) is 0 Å². The summed E-state index contributed by atoms with van der Waals surface area (Å²) in [7, 11) is 0. The van der Waals surface area contributed by atoms with Crippen LogP contribution in [0.15, 0.2) is 0 Å². The molecule has 5 nitrogen and oxygen atoms in total. The van der Waals surface area contributed by atoms with Crippen molar-refractivity contribution in [1.29, 1.82) is 0 Å². The minimum Gasteiger partial charge on any atom is -0.393 e. The summed E-state index contributed by atoms with van der Waals surface area (Å²) >= 11 is 0. The molecule has 4 aliphatic carbocycles. The van der Waals surface area contributed by atoms with E-state index in [1.807, 2.05) is 0 Å². The molecule has 5 heteroatoms. The third-order valence-corrected chi connectivity index (χ3v) is 10.1. The molecule has 2 heterocycles. The summed E-state index contributed by atoms with van der Waals surface area (Å²) in [6.45, 7) is 5.80. The first kappa shape index (κ1) is 24.2. The fourth-order valence-electron chi connectivity index (χ4n) is 7.66. The van der Waals surface area contributed by atoms with Gasteiger partial charge in [-0.1, -0.05) is 6.92 Å². The van der Waals surface area contributed by atoms with Crippen LogP contribution in [0.5, 0.6) is 0 Å². The van der Waals surface area contributed by atoms with Crippen molar-refractivity contribution in [3.05, 3.63) is 0 Å². The Balaban J connectivity index is 0.962. The predicted octanol–water partition coefficient (Wildman–Crippen LogP) is 5.13. The average molecular weight is 477 g/mol. The van der Waals surface area contributed by atoms with Gasteiger partial charge in [-0.15, -0.1) is 0 Å². The normalized spacial score (nSPS) is 46.8. The van der Waals surface area contributed by atoms with Crippen molar-refractivity contribution in [3.63, 3.8) is 0 Å². The summed E-state index contributed by atoms with van der Waals surface area (Å²) in [5, 5.41) is 9.80. The molecule has 0 radical (unpaired) electrons. The first-order chi connectivity index (χ1) is 16.5. The van der Waals surface area contributed by atoms with Crippen molar-refractivity contribution < 1.29 is 24.1 Å². The molecule has 0 aromatic heterocycles. The van der Waals surface area contributed by atoms with Crippen LogP contribution < -0.4 is 0 Å². The van der Waals surface area contributed by atoms with Gasteiger partial charge in [0.05, 0.1) is 43.7 Å². The van der Waals surface area contributed by atoms with Crippen LogP contribution in [0.1, 0.15) is 90.4 Å². The molecular formula is C29H48O5. The van der Waals surface area contributed by atoms with E-state index in [0.29, 0.717) is 36.3 Å². The minimum atomic E-state index is -0.0839. The summed E-state index contributed by atoms with van der Waals surface area (Å²) in [5.74, 6) is 3.97. The minimum absolute atomic E-state index is 0.0839. The monoisotopic (exact) mass is 476 g/mol. The zero-order valence-electron chi connectivity index (χ0n) is 21.4. The topological polar surface area (TPSA) is 63.8 Å². The van der Waals surface area contributed by atoms with Crippen LogP contribution >= 0.6 is 0 Å². The predicted molar refractivity (Wildman–Crippen MR) is 131 cm³/mol. The Morgan fingerprint density at radius 3 is 1.94 bits per heavy atom. The molecule has 6 fully saturated rings. The van der Waals surface area contributed by atoms with E-state index in [-0.39, 0.29) is 11.5 Å². The average Bonchev–Trinajstić information content (AvgIpc) is 3.71. The molecule has 34 heavy (non-hydrogen) atoms. The standard InChI is InChI=1S/C29H48O5/c1-29(17-31-15-19-2-6-24(30)7-3-19,18-32-16-21-5-9-26-28(12-21)34-26)14-23-13-22(23)10-20-4-8-25-27(11-20)33-25/h19-28,30H,2-18H2,1H3/t19?,20?,21?,22-,23?,24?,25?,26?,27?,28?,29?/m1/s1. The molecule has 6 rings (SSSR count). The lowest BCUT2D eigenvalue weighted by Gasteiger charge is -2.32. The third-order valence-electron chi connectivity index (χ3n) is 10.1. The van der Waals surface area contributed by atoms with Gasteiger partial charge in [0, 0.05) is 18.6 Å². The van der Waals surface area contributed by atoms with Gasteiger partial charge >= 0.3 is 0 Å². The van der Waals surface area contributed by atoms with E-state index in [0.717, 1.165) is 69.9 Å². The van der Waals surface area contributed by atoms with E-state index in [1.165, 1.54) is 57.8 Å². The van der Waals surface area contributed by atoms with Gasteiger partial charge in [-0.25, -0.2) is 0 Å². The third kappa shape index (κ3) is 6.37. The molecule has 4 saturated carbocycles. The van der Waals surface area contributed by atoms with Crippen LogP contribution in [-0.2, 0) is 18.9 Å². The quantitative estimate of drug-likeness (QED) is 0.396. The van der Waals surface area contributed by atoms with Crippen LogP contribution in [0.2, 0.25) is 0 Å². The highest BCUT2D eigenvalue weighted by atomic mass is 16.6. The molecule has 1 N–H and O–H groups in total. The van der Waals surface area contributed by atoms with Gasteiger partial charge < -0.3 is 24.1 Å². The van der Waals surface area contributed by atoms with Gasteiger partial charge in [-0.2, -0.15) is 0 Å². The van der Waals surface area contributed by atoms with Crippen molar-refractivity contribution in [2.24, 2.45) is 35.0 Å². The largest absolute Gasteiger partial charge is 0.393 e. The van der Waals surface area contributed by atoms with Gasteiger partial charge in [0.2, 0.25) is 0 Å². The zero-order valence-corrected chi connectivity index (χ0v) is 21.4. The molecule has 9 atom stereocenters. The zero-order chi connectivity index (χ0) is 23.1. The summed E-state index contributed by atoms with van der Waals surface area (Å²) < 4.78 is 24.3.